The fourth-order valence-corrected chi connectivity index (χ4v) is 2.00. The standard InChI is InChI=1S/C15H18N4/c1-12(14-5-2-4-13(10-14)11-16)17-7-3-6-15-18-8-9-19-15/h2,4-5,8-10,12,17H,3,6-7H2,1H3,(H,18,19). The molecule has 19 heavy (non-hydrogen) atoms. The Hall–Kier alpha value is -2.12. The predicted molar refractivity (Wildman–Crippen MR) is 74.5 cm³/mol. The molecule has 0 fully saturated rings. The van der Waals surface area contributed by atoms with E-state index in [2.05, 4.69) is 28.3 Å². The van der Waals surface area contributed by atoms with Crippen molar-refractivity contribution in [3.05, 3.63) is 53.6 Å². The molecular weight excluding hydrogens is 236 g/mol. The molecule has 4 nitrogen and oxygen atoms in total. The molecule has 0 spiro atoms. The number of aromatic amines is 1. The van der Waals surface area contributed by atoms with Gasteiger partial charge in [-0.2, -0.15) is 5.26 Å². The van der Waals surface area contributed by atoms with Crippen molar-refractivity contribution in [2.24, 2.45) is 0 Å². The lowest BCUT2D eigenvalue weighted by molar-refractivity contribution is 0.555. The van der Waals surface area contributed by atoms with E-state index < -0.39 is 0 Å². The fraction of sp³-hybridized carbons (Fsp3) is 0.333. The number of imidazole rings is 1. The van der Waals surface area contributed by atoms with Crippen molar-refractivity contribution in [1.29, 1.82) is 5.26 Å². The average Bonchev–Trinajstić information content (AvgIpc) is 2.96. The minimum Gasteiger partial charge on any atom is -0.349 e. The van der Waals surface area contributed by atoms with E-state index in [-0.39, 0.29) is 6.04 Å². The smallest absolute Gasteiger partial charge is 0.106 e. The largest absolute Gasteiger partial charge is 0.349 e. The Labute approximate surface area is 113 Å². The van der Waals surface area contributed by atoms with Gasteiger partial charge in [-0.05, 0) is 37.6 Å². The molecule has 0 aliphatic carbocycles. The first-order chi connectivity index (χ1) is 9.29. The number of nitrogens with zero attached hydrogens (tertiary/aromatic N) is 2. The van der Waals surface area contributed by atoms with Crippen LogP contribution in [0.15, 0.2) is 36.7 Å². The second-order valence-corrected chi connectivity index (χ2v) is 4.55. The summed E-state index contributed by atoms with van der Waals surface area (Å²) < 4.78 is 0. The normalized spacial score (nSPS) is 12.0. The zero-order chi connectivity index (χ0) is 13.5. The minimum atomic E-state index is 0.255. The molecule has 98 valence electrons. The van der Waals surface area contributed by atoms with Crippen molar-refractivity contribution in [2.45, 2.75) is 25.8 Å². The van der Waals surface area contributed by atoms with Gasteiger partial charge in [0.1, 0.15) is 5.82 Å². The first-order valence-corrected chi connectivity index (χ1v) is 6.51. The van der Waals surface area contributed by atoms with Crippen LogP contribution in [-0.2, 0) is 6.42 Å². The quantitative estimate of drug-likeness (QED) is 0.779. The Morgan fingerprint density at radius 3 is 3.11 bits per heavy atom. The van der Waals surface area contributed by atoms with Gasteiger partial charge in [-0.3, -0.25) is 0 Å². The Balaban J connectivity index is 1.77. The second-order valence-electron chi connectivity index (χ2n) is 4.55. The molecule has 0 bridgehead atoms. The van der Waals surface area contributed by atoms with E-state index in [4.69, 9.17) is 5.26 Å². The second kappa shape index (κ2) is 6.72. The van der Waals surface area contributed by atoms with Gasteiger partial charge in [-0.15, -0.1) is 0 Å². The number of hydrogen-bond donors (Lipinski definition) is 2. The van der Waals surface area contributed by atoms with E-state index in [1.54, 1.807) is 6.20 Å². The Bertz CT molecular complexity index is 540. The number of nitrogens with one attached hydrogen (secondary N) is 2. The summed E-state index contributed by atoms with van der Waals surface area (Å²) in [4.78, 5) is 7.29. The number of aryl methyl sites for hydroxylation is 1. The lowest BCUT2D eigenvalue weighted by Gasteiger charge is -2.14. The molecule has 0 amide bonds. The van der Waals surface area contributed by atoms with Crippen LogP contribution in [-0.4, -0.2) is 16.5 Å². The van der Waals surface area contributed by atoms with E-state index in [1.807, 2.05) is 30.5 Å². The third-order valence-corrected chi connectivity index (χ3v) is 3.11. The molecule has 0 aliphatic heterocycles. The minimum absolute atomic E-state index is 0.255. The summed E-state index contributed by atoms with van der Waals surface area (Å²) >= 11 is 0. The highest BCUT2D eigenvalue weighted by Crippen LogP contribution is 2.13. The number of H-pyrrole nitrogens is 1. The van der Waals surface area contributed by atoms with Gasteiger partial charge in [0, 0.05) is 24.9 Å². The molecular formula is C15H18N4. The van der Waals surface area contributed by atoms with Gasteiger partial charge >= 0.3 is 0 Å². The summed E-state index contributed by atoms with van der Waals surface area (Å²) in [6.07, 6.45) is 5.61. The van der Waals surface area contributed by atoms with Crippen molar-refractivity contribution < 1.29 is 0 Å². The van der Waals surface area contributed by atoms with Crippen LogP contribution in [0.5, 0.6) is 0 Å². The number of benzene rings is 1. The van der Waals surface area contributed by atoms with Crippen LogP contribution in [0.1, 0.15) is 36.3 Å². The maximum absolute atomic E-state index is 8.88. The maximum atomic E-state index is 8.88. The van der Waals surface area contributed by atoms with E-state index in [9.17, 15) is 0 Å². The van der Waals surface area contributed by atoms with Gasteiger partial charge < -0.3 is 10.3 Å². The van der Waals surface area contributed by atoms with Crippen LogP contribution in [0.2, 0.25) is 0 Å². The zero-order valence-electron chi connectivity index (χ0n) is 11.1. The van der Waals surface area contributed by atoms with Gasteiger partial charge in [0.15, 0.2) is 0 Å². The van der Waals surface area contributed by atoms with Crippen LogP contribution >= 0.6 is 0 Å². The lowest BCUT2D eigenvalue weighted by Crippen LogP contribution is -2.20. The summed E-state index contributed by atoms with van der Waals surface area (Å²) in [5, 5.41) is 12.3. The summed E-state index contributed by atoms with van der Waals surface area (Å²) in [6.45, 7) is 3.04. The average molecular weight is 254 g/mol. The molecule has 2 N–H and O–H groups in total. The number of aromatic nitrogens is 2. The molecule has 0 saturated heterocycles. The highest BCUT2D eigenvalue weighted by molar-refractivity contribution is 5.33. The molecule has 2 aromatic rings. The summed E-state index contributed by atoms with van der Waals surface area (Å²) in [5.74, 6) is 1.03. The molecule has 1 aromatic heterocycles. The van der Waals surface area contributed by atoms with Crippen molar-refractivity contribution >= 4 is 0 Å². The molecule has 4 heteroatoms. The Morgan fingerprint density at radius 2 is 2.37 bits per heavy atom. The van der Waals surface area contributed by atoms with Gasteiger partial charge in [-0.25, -0.2) is 4.98 Å². The van der Waals surface area contributed by atoms with Crippen molar-refractivity contribution in [3.63, 3.8) is 0 Å². The zero-order valence-corrected chi connectivity index (χ0v) is 11.1. The number of nitriles is 1. The van der Waals surface area contributed by atoms with Crippen molar-refractivity contribution in [3.8, 4) is 6.07 Å². The highest BCUT2D eigenvalue weighted by Gasteiger charge is 2.05. The van der Waals surface area contributed by atoms with Crippen LogP contribution in [0.4, 0.5) is 0 Å². The third-order valence-electron chi connectivity index (χ3n) is 3.11. The molecule has 0 radical (unpaired) electrons. The molecule has 0 saturated carbocycles. The Kier molecular flexibility index (Phi) is 4.71. The molecule has 1 atom stereocenters. The maximum Gasteiger partial charge on any atom is 0.106 e. The highest BCUT2D eigenvalue weighted by atomic mass is 14.9. The van der Waals surface area contributed by atoms with E-state index in [1.165, 1.54) is 0 Å². The van der Waals surface area contributed by atoms with Gasteiger partial charge in [0.05, 0.1) is 11.6 Å². The van der Waals surface area contributed by atoms with E-state index >= 15 is 0 Å². The SMILES string of the molecule is CC(NCCCc1ncc[nH]1)c1cccc(C#N)c1. The van der Waals surface area contributed by atoms with Crippen LogP contribution in [0, 0.1) is 11.3 Å². The van der Waals surface area contributed by atoms with E-state index in [0.29, 0.717) is 5.56 Å². The molecule has 1 aromatic carbocycles. The van der Waals surface area contributed by atoms with Gasteiger partial charge in [0.2, 0.25) is 0 Å². The van der Waals surface area contributed by atoms with Crippen LogP contribution in [0.3, 0.4) is 0 Å². The van der Waals surface area contributed by atoms with Crippen LogP contribution < -0.4 is 5.32 Å². The van der Waals surface area contributed by atoms with Crippen molar-refractivity contribution in [1.82, 2.24) is 15.3 Å². The predicted octanol–water partition coefficient (Wildman–Crippen LogP) is 2.56. The third kappa shape index (κ3) is 3.94. The first-order valence-electron chi connectivity index (χ1n) is 6.51. The number of hydrogen-bond acceptors (Lipinski definition) is 3. The number of rotatable bonds is 6. The molecule has 1 unspecified atom stereocenters. The summed E-state index contributed by atoms with van der Waals surface area (Å²) in [7, 11) is 0. The first kappa shape index (κ1) is 13.3. The Morgan fingerprint density at radius 1 is 1.47 bits per heavy atom. The van der Waals surface area contributed by atoms with E-state index in [0.717, 1.165) is 30.8 Å². The van der Waals surface area contributed by atoms with Crippen LogP contribution in [0.25, 0.3) is 0 Å². The molecule has 1 heterocycles. The topological polar surface area (TPSA) is 64.5 Å². The van der Waals surface area contributed by atoms with Crippen molar-refractivity contribution in [2.75, 3.05) is 6.54 Å². The summed E-state index contributed by atoms with van der Waals surface area (Å²) in [6, 6.07) is 10.2. The fourth-order valence-electron chi connectivity index (χ4n) is 2.00. The lowest BCUT2D eigenvalue weighted by atomic mass is 10.1. The molecule has 2 rings (SSSR count). The molecule has 0 aliphatic rings. The van der Waals surface area contributed by atoms with Gasteiger partial charge in [-0.1, -0.05) is 12.1 Å². The summed E-state index contributed by atoms with van der Waals surface area (Å²) in [5.41, 5.74) is 1.86. The van der Waals surface area contributed by atoms with Gasteiger partial charge in [0.25, 0.3) is 0 Å². The monoisotopic (exact) mass is 254 g/mol.